The highest BCUT2D eigenvalue weighted by atomic mass is 16.6. The maximum absolute atomic E-state index is 11.0. The largest absolute Gasteiger partial charge is 0.465 e. The first-order chi connectivity index (χ1) is 13.3. The van der Waals surface area contributed by atoms with Crippen molar-refractivity contribution in [3.8, 4) is 6.01 Å². The molecule has 154 valence electrons. The topological polar surface area (TPSA) is 117 Å². The second-order valence-electron chi connectivity index (χ2n) is 8.13. The molecule has 2 fully saturated rings. The zero-order valence-corrected chi connectivity index (χ0v) is 16.0. The van der Waals surface area contributed by atoms with Crippen molar-refractivity contribution >= 4 is 11.9 Å². The van der Waals surface area contributed by atoms with Gasteiger partial charge < -0.3 is 24.9 Å². The van der Waals surface area contributed by atoms with Crippen molar-refractivity contribution in [2.24, 2.45) is 0 Å². The third-order valence-electron chi connectivity index (χ3n) is 5.97. The Kier molecular flexibility index (Phi) is 4.88. The number of amides is 1. The molecule has 0 saturated carbocycles. The quantitative estimate of drug-likeness (QED) is 0.586. The molecule has 0 aliphatic carbocycles. The lowest BCUT2D eigenvalue weighted by Gasteiger charge is -2.43. The summed E-state index contributed by atoms with van der Waals surface area (Å²) in [7, 11) is 0. The van der Waals surface area contributed by atoms with Gasteiger partial charge in [-0.15, -0.1) is 0 Å². The lowest BCUT2D eigenvalue weighted by Crippen LogP contribution is -2.55. The fraction of sp³-hybridized carbons (Fsp3) is 0.765. The minimum atomic E-state index is -0.829. The number of imidazole rings is 1. The lowest BCUT2D eigenvalue weighted by molar-refractivity contribution is -0.389. The molecule has 1 aromatic rings. The highest BCUT2D eigenvalue weighted by Gasteiger charge is 2.42. The van der Waals surface area contributed by atoms with E-state index in [4.69, 9.17) is 9.84 Å². The number of carbonyl (C=O) groups is 1. The molecule has 3 aliphatic rings. The van der Waals surface area contributed by atoms with Crippen LogP contribution in [0.2, 0.25) is 0 Å². The van der Waals surface area contributed by atoms with Crippen LogP contribution in [0.25, 0.3) is 0 Å². The van der Waals surface area contributed by atoms with E-state index < -0.39 is 16.6 Å². The number of nitro groups is 1. The first-order valence-electron chi connectivity index (χ1n) is 9.68. The van der Waals surface area contributed by atoms with Gasteiger partial charge in [-0.1, -0.05) is 0 Å². The Hall–Kier alpha value is -2.40. The molecule has 0 bridgehead atoms. The molecular formula is C17H26N6O5. The molecule has 1 amide bonds. The van der Waals surface area contributed by atoms with Crippen molar-refractivity contribution in [1.82, 2.24) is 24.3 Å². The predicted molar refractivity (Wildman–Crippen MR) is 98.5 cm³/mol. The third-order valence-corrected chi connectivity index (χ3v) is 5.97. The summed E-state index contributed by atoms with van der Waals surface area (Å²) >= 11 is 0. The van der Waals surface area contributed by atoms with E-state index >= 15 is 0 Å². The van der Waals surface area contributed by atoms with E-state index in [0.29, 0.717) is 31.7 Å². The van der Waals surface area contributed by atoms with Crippen LogP contribution in [0.15, 0.2) is 6.20 Å². The number of fused-ring (bicyclic) bond motifs is 1. The SMILES string of the molecule is C[C@]1(CN2CCC(N3CCN(C(=O)O)CC3)CC2)Cn2cc([N+](=O)[O-])nc2O1. The van der Waals surface area contributed by atoms with Crippen LogP contribution >= 0.6 is 0 Å². The number of hydrogen-bond acceptors (Lipinski definition) is 7. The van der Waals surface area contributed by atoms with Crippen LogP contribution in [-0.4, -0.2) is 97.8 Å². The van der Waals surface area contributed by atoms with E-state index in [0.717, 1.165) is 45.6 Å². The Morgan fingerprint density at radius 3 is 2.57 bits per heavy atom. The molecule has 3 aliphatic heterocycles. The summed E-state index contributed by atoms with van der Waals surface area (Å²) in [5, 5.41) is 19.9. The monoisotopic (exact) mass is 394 g/mol. The van der Waals surface area contributed by atoms with E-state index in [1.807, 2.05) is 6.92 Å². The van der Waals surface area contributed by atoms with Gasteiger partial charge >= 0.3 is 17.9 Å². The summed E-state index contributed by atoms with van der Waals surface area (Å²) in [6.45, 7) is 8.03. The van der Waals surface area contributed by atoms with Gasteiger partial charge in [0.2, 0.25) is 0 Å². The first-order valence-corrected chi connectivity index (χ1v) is 9.68. The first kappa shape index (κ1) is 18.9. The van der Waals surface area contributed by atoms with Crippen LogP contribution in [0, 0.1) is 10.1 Å². The summed E-state index contributed by atoms with van der Waals surface area (Å²) in [5.41, 5.74) is -0.433. The Morgan fingerprint density at radius 2 is 2.00 bits per heavy atom. The van der Waals surface area contributed by atoms with E-state index in [-0.39, 0.29) is 5.82 Å². The van der Waals surface area contributed by atoms with Gasteiger partial charge in [0.15, 0.2) is 0 Å². The van der Waals surface area contributed by atoms with Gasteiger partial charge in [-0.05, 0) is 37.8 Å². The highest BCUT2D eigenvalue weighted by Crippen LogP contribution is 2.32. The summed E-state index contributed by atoms with van der Waals surface area (Å²) < 4.78 is 7.65. The van der Waals surface area contributed by atoms with Crippen molar-refractivity contribution < 1.29 is 19.6 Å². The lowest BCUT2D eigenvalue weighted by atomic mass is 9.99. The van der Waals surface area contributed by atoms with Crippen LogP contribution < -0.4 is 4.74 Å². The molecule has 1 atom stereocenters. The molecule has 0 spiro atoms. The van der Waals surface area contributed by atoms with Crippen molar-refractivity contribution in [3.05, 3.63) is 16.3 Å². The number of hydrogen-bond donors (Lipinski definition) is 1. The smallest absolute Gasteiger partial charge is 0.415 e. The minimum absolute atomic E-state index is 0.180. The molecule has 0 aromatic carbocycles. The number of carboxylic acid groups (broad SMARTS) is 1. The number of piperazine rings is 1. The van der Waals surface area contributed by atoms with Crippen LogP contribution in [0.4, 0.5) is 10.6 Å². The Labute approximate surface area is 162 Å². The molecule has 0 radical (unpaired) electrons. The van der Waals surface area contributed by atoms with Gasteiger partial charge in [0, 0.05) is 43.7 Å². The van der Waals surface area contributed by atoms with Gasteiger partial charge in [-0.3, -0.25) is 14.4 Å². The Morgan fingerprint density at radius 1 is 1.32 bits per heavy atom. The molecule has 4 rings (SSSR count). The van der Waals surface area contributed by atoms with E-state index in [9.17, 15) is 14.9 Å². The maximum Gasteiger partial charge on any atom is 0.415 e. The second kappa shape index (κ2) is 7.21. The normalized spacial score (nSPS) is 26.8. The Bertz CT molecular complexity index is 728. The van der Waals surface area contributed by atoms with Gasteiger partial charge in [0.05, 0.1) is 6.54 Å². The average Bonchev–Trinajstić information content (AvgIpc) is 3.17. The Balaban J connectivity index is 1.25. The number of rotatable bonds is 4. The van der Waals surface area contributed by atoms with E-state index in [2.05, 4.69) is 14.8 Å². The van der Waals surface area contributed by atoms with Crippen molar-refractivity contribution in [3.63, 3.8) is 0 Å². The van der Waals surface area contributed by atoms with Crippen molar-refractivity contribution in [2.75, 3.05) is 45.8 Å². The molecule has 28 heavy (non-hydrogen) atoms. The van der Waals surface area contributed by atoms with E-state index in [1.54, 1.807) is 4.57 Å². The number of ether oxygens (including phenoxy) is 1. The standard InChI is InChI=1S/C17H26N6O5/c1-17(12-22-10-14(23(26)27)18-15(22)28-17)11-19-4-2-13(3-5-19)20-6-8-21(9-7-20)16(24)25/h10,13H,2-9,11-12H2,1H3,(H,24,25)/t17-/m0/s1. The van der Waals surface area contributed by atoms with Crippen LogP contribution in [0.1, 0.15) is 19.8 Å². The molecule has 1 aromatic heterocycles. The zero-order valence-electron chi connectivity index (χ0n) is 16.0. The van der Waals surface area contributed by atoms with Crippen LogP contribution in [0.3, 0.4) is 0 Å². The summed E-state index contributed by atoms with van der Waals surface area (Å²) in [6.07, 6.45) is 2.71. The highest BCUT2D eigenvalue weighted by molar-refractivity contribution is 5.65. The van der Waals surface area contributed by atoms with Crippen molar-refractivity contribution in [1.29, 1.82) is 0 Å². The molecule has 0 unspecified atom stereocenters. The van der Waals surface area contributed by atoms with Gasteiger partial charge in [0.1, 0.15) is 11.8 Å². The summed E-state index contributed by atoms with van der Waals surface area (Å²) in [6, 6.07) is 0.822. The fourth-order valence-electron chi connectivity index (χ4n) is 4.56. The van der Waals surface area contributed by atoms with Gasteiger partial charge in [0.25, 0.3) is 0 Å². The maximum atomic E-state index is 11.0. The van der Waals surface area contributed by atoms with Gasteiger partial charge in [-0.2, -0.15) is 0 Å². The van der Waals surface area contributed by atoms with Crippen LogP contribution in [0.5, 0.6) is 6.01 Å². The average molecular weight is 394 g/mol. The molecule has 4 heterocycles. The molecule has 1 N–H and O–H groups in total. The minimum Gasteiger partial charge on any atom is -0.465 e. The molecule has 2 saturated heterocycles. The number of likely N-dealkylation sites (tertiary alicyclic amines) is 1. The third kappa shape index (κ3) is 3.76. The number of aromatic nitrogens is 2. The molecular weight excluding hydrogens is 368 g/mol. The molecule has 11 heteroatoms. The summed E-state index contributed by atoms with van der Waals surface area (Å²) in [4.78, 5) is 31.6. The van der Waals surface area contributed by atoms with Crippen molar-refractivity contribution in [2.45, 2.75) is 38.0 Å². The number of piperidine rings is 1. The van der Waals surface area contributed by atoms with Gasteiger partial charge in [-0.25, -0.2) is 4.79 Å². The van der Waals surface area contributed by atoms with Crippen LogP contribution in [-0.2, 0) is 6.54 Å². The van der Waals surface area contributed by atoms with E-state index in [1.165, 1.54) is 11.1 Å². The fourth-order valence-corrected chi connectivity index (χ4v) is 4.56. The predicted octanol–water partition coefficient (Wildman–Crippen LogP) is 0.702. The summed E-state index contributed by atoms with van der Waals surface area (Å²) in [5.74, 6) is -0.180. The second-order valence-corrected chi connectivity index (χ2v) is 8.13. The zero-order chi connectivity index (χ0) is 19.9. The molecule has 11 nitrogen and oxygen atoms in total. The number of nitrogens with zero attached hydrogens (tertiary/aromatic N) is 6.